The summed E-state index contributed by atoms with van der Waals surface area (Å²) in [5, 5.41) is 3.62. The zero-order valence-electron chi connectivity index (χ0n) is 8.58. The maximum atomic E-state index is 11.0. The van der Waals surface area contributed by atoms with Crippen LogP contribution in [0.2, 0.25) is 0 Å². The van der Waals surface area contributed by atoms with Crippen LogP contribution in [0.25, 0.3) is 0 Å². The summed E-state index contributed by atoms with van der Waals surface area (Å²) < 4.78 is 9.50. The van der Waals surface area contributed by atoms with Crippen LogP contribution in [0, 0.1) is 0 Å². The summed E-state index contributed by atoms with van der Waals surface area (Å²) in [6, 6.07) is 1.64. The first-order valence-corrected chi connectivity index (χ1v) is 4.81. The largest absolute Gasteiger partial charge is 0.464 e. The molecular formula is C10H15NO3. The number of aryl methyl sites for hydroxylation is 1. The van der Waals surface area contributed by atoms with E-state index in [1.807, 2.05) is 0 Å². The Hall–Kier alpha value is -1.32. The molecule has 0 aliphatic rings. The molecule has 1 heterocycles. The van der Waals surface area contributed by atoms with Gasteiger partial charge >= 0.3 is 5.97 Å². The number of unbranched alkanes of at least 4 members (excludes halogenated alkanes) is 2. The van der Waals surface area contributed by atoms with Crippen molar-refractivity contribution in [2.45, 2.75) is 32.6 Å². The molecule has 0 aliphatic carbocycles. The molecule has 4 heteroatoms. The number of carbonyl (C=O) groups is 1. The smallest absolute Gasteiger partial charge is 0.360 e. The van der Waals surface area contributed by atoms with Gasteiger partial charge in [0.25, 0.3) is 0 Å². The summed E-state index contributed by atoms with van der Waals surface area (Å²) >= 11 is 0. The number of nitrogens with zero attached hydrogens (tertiary/aromatic N) is 1. The molecular weight excluding hydrogens is 182 g/mol. The zero-order valence-corrected chi connectivity index (χ0v) is 8.58. The number of hydrogen-bond donors (Lipinski definition) is 0. The average molecular weight is 197 g/mol. The number of esters is 1. The van der Waals surface area contributed by atoms with Gasteiger partial charge in [-0.2, -0.15) is 0 Å². The maximum Gasteiger partial charge on any atom is 0.360 e. The predicted molar refractivity (Wildman–Crippen MR) is 51.1 cm³/mol. The molecule has 0 aliphatic heterocycles. The highest BCUT2D eigenvalue weighted by Crippen LogP contribution is 2.09. The Bertz CT molecular complexity index is 293. The quantitative estimate of drug-likeness (QED) is 0.536. The van der Waals surface area contributed by atoms with Crippen molar-refractivity contribution in [3.63, 3.8) is 0 Å². The van der Waals surface area contributed by atoms with Crippen LogP contribution in [-0.2, 0) is 11.2 Å². The van der Waals surface area contributed by atoms with Crippen molar-refractivity contribution >= 4 is 5.97 Å². The minimum Gasteiger partial charge on any atom is -0.464 e. The molecule has 0 spiro atoms. The molecule has 0 saturated carbocycles. The molecule has 14 heavy (non-hydrogen) atoms. The molecule has 78 valence electrons. The molecule has 0 amide bonds. The van der Waals surface area contributed by atoms with Crippen molar-refractivity contribution in [3.05, 3.63) is 17.5 Å². The lowest BCUT2D eigenvalue weighted by molar-refractivity contribution is 0.0589. The fourth-order valence-corrected chi connectivity index (χ4v) is 1.18. The van der Waals surface area contributed by atoms with Gasteiger partial charge in [0.05, 0.1) is 7.11 Å². The van der Waals surface area contributed by atoms with E-state index in [1.54, 1.807) is 6.07 Å². The van der Waals surface area contributed by atoms with E-state index in [-0.39, 0.29) is 5.69 Å². The van der Waals surface area contributed by atoms with Crippen molar-refractivity contribution in [2.75, 3.05) is 7.11 Å². The van der Waals surface area contributed by atoms with Crippen molar-refractivity contribution in [1.82, 2.24) is 5.16 Å². The predicted octanol–water partition coefficient (Wildman–Crippen LogP) is 2.19. The van der Waals surface area contributed by atoms with E-state index in [9.17, 15) is 4.79 Å². The van der Waals surface area contributed by atoms with E-state index in [0.29, 0.717) is 0 Å². The third-order valence-electron chi connectivity index (χ3n) is 1.98. The van der Waals surface area contributed by atoms with Gasteiger partial charge in [-0.3, -0.25) is 0 Å². The summed E-state index contributed by atoms with van der Waals surface area (Å²) in [4.78, 5) is 11.0. The van der Waals surface area contributed by atoms with E-state index in [1.165, 1.54) is 7.11 Å². The number of carbonyl (C=O) groups excluding carboxylic acids is 1. The second kappa shape index (κ2) is 5.42. The molecule has 4 nitrogen and oxygen atoms in total. The van der Waals surface area contributed by atoms with E-state index in [0.717, 1.165) is 31.4 Å². The van der Waals surface area contributed by atoms with Crippen molar-refractivity contribution < 1.29 is 14.1 Å². The van der Waals surface area contributed by atoms with Gasteiger partial charge in [-0.1, -0.05) is 24.9 Å². The lowest BCUT2D eigenvalue weighted by Gasteiger charge is -1.92. The minimum absolute atomic E-state index is 0.249. The van der Waals surface area contributed by atoms with Crippen LogP contribution in [0.5, 0.6) is 0 Å². The van der Waals surface area contributed by atoms with Gasteiger partial charge in [0.15, 0.2) is 5.69 Å². The molecule has 0 fully saturated rings. The second-order valence-corrected chi connectivity index (χ2v) is 3.13. The minimum atomic E-state index is -0.449. The molecule has 1 aromatic rings. The molecule has 1 rings (SSSR count). The highest BCUT2D eigenvalue weighted by Gasteiger charge is 2.11. The van der Waals surface area contributed by atoms with Gasteiger partial charge in [0.1, 0.15) is 5.76 Å². The third kappa shape index (κ3) is 2.87. The fourth-order valence-electron chi connectivity index (χ4n) is 1.18. The van der Waals surface area contributed by atoms with Crippen molar-refractivity contribution in [3.8, 4) is 0 Å². The molecule has 0 N–H and O–H groups in total. The van der Waals surface area contributed by atoms with Crippen molar-refractivity contribution in [1.29, 1.82) is 0 Å². The first-order valence-electron chi connectivity index (χ1n) is 4.81. The lowest BCUT2D eigenvalue weighted by atomic mass is 10.2. The van der Waals surface area contributed by atoms with Gasteiger partial charge in [0.2, 0.25) is 0 Å². The zero-order chi connectivity index (χ0) is 10.4. The van der Waals surface area contributed by atoms with Crippen LogP contribution in [0.4, 0.5) is 0 Å². The van der Waals surface area contributed by atoms with E-state index in [2.05, 4.69) is 16.8 Å². The highest BCUT2D eigenvalue weighted by molar-refractivity contribution is 5.86. The Balaban J connectivity index is 2.46. The summed E-state index contributed by atoms with van der Waals surface area (Å²) in [6.45, 7) is 2.14. The van der Waals surface area contributed by atoms with Gasteiger partial charge in [-0.25, -0.2) is 4.79 Å². The van der Waals surface area contributed by atoms with E-state index in [4.69, 9.17) is 4.52 Å². The first kappa shape index (κ1) is 10.8. The maximum absolute atomic E-state index is 11.0. The van der Waals surface area contributed by atoms with Crippen LogP contribution < -0.4 is 0 Å². The highest BCUT2D eigenvalue weighted by atomic mass is 16.5. The lowest BCUT2D eigenvalue weighted by Crippen LogP contribution is -2.00. The SMILES string of the molecule is CCCCCc1cc(C(=O)OC)no1. The van der Waals surface area contributed by atoms with Gasteiger partial charge in [-0.15, -0.1) is 0 Å². The van der Waals surface area contributed by atoms with Gasteiger partial charge in [-0.05, 0) is 6.42 Å². The number of aromatic nitrogens is 1. The number of methoxy groups -OCH3 is 1. The fraction of sp³-hybridized carbons (Fsp3) is 0.600. The number of hydrogen-bond acceptors (Lipinski definition) is 4. The van der Waals surface area contributed by atoms with Crippen molar-refractivity contribution in [2.24, 2.45) is 0 Å². The molecule has 0 bridgehead atoms. The van der Waals surface area contributed by atoms with Crippen LogP contribution in [0.3, 0.4) is 0 Å². The molecule has 0 radical (unpaired) electrons. The first-order chi connectivity index (χ1) is 6.77. The monoisotopic (exact) mass is 197 g/mol. The standard InChI is InChI=1S/C10H15NO3/c1-3-4-5-6-8-7-9(11-14-8)10(12)13-2/h7H,3-6H2,1-2H3. The summed E-state index contributed by atoms with van der Waals surface area (Å²) in [6.07, 6.45) is 4.22. The number of rotatable bonds is 5. The van der Waals surface area contributed by atoms with E-state index < -0.39 is 5.97 Å². The molecule has 0 saturated heterocycles. The van der Waals surface area contributed by atoms with Crippen LogP contribution in [0.15, 0.2) is 10.6 Å². The van der Waals surface area contributed by atoms with Crippen LogP contribution in [-0.4, -0.2) is 18.2 Å². The topological polar surface area (TPSA) is 52.3 Å². The Kier molecular flexibility index (Phi) is 4.16. The summed E-state index contributed by atoms with van der Waals surface area (Å²) in [7, 11) is 1.33. The molecule has 0 aromatic carbocycles. The van der Waals surface area contributed by atoms with Gasteiger partial charge < -0.3 is 9.26 Å². The van der Waals surface area contributed by atoms with Gasteiger partial charge in [0, 0.05) is 12.5 Å². The Labute approximate surface area is 83.2 Å². The summed E-state index contributed by atoms with van der Waals surface area (Å²) in [5.41, 5.74) is 0.249. The Morgan fingerprint density at radius 3 is 3.00 bits per heavy atom. The molecule has 1 aromatic heterocycles. The summed E-state index contributed by atoms with van der Waals surface area (Å²) in [5.74, 6) is 0.300. The van der Waals surface area contributed by atoms with Crippen LogP contribution in [0.1, 0.15) is 42.4 Å². The number of ether oxygens (including phenoxy) is 1. The van der Waals surface area contributed by atoms with E-state index >= 15 is 0 Å². The molecule has 0 unspecified atom stereocenters. The van der Waals surface area contributed by atoms with Crippen LogP contribution >= 0.6 is 0 Å². The Morgan fingerprint density at radius 1 is 1.57 bits per heavy atom. The molecule has 0 atom stereocenters. The second-order valence-electron chi connectivity index (χ2n) is 3.13. The average Bonchev–Trinajstić information content (AvgIpc) is 2.66. The normalized spacial score (nSPS) is 10.1. The third-order valence-corrected chi connectivity index (χ3v) is 1.98. The Morgan fingerprint density at radius 2 is 2.36 bits per heavy atom.